The van der Waals surface area contributed by atoms with Gasteiger partial charge in [0.25, 0.3) is 5.91 Å². The number of hydrogen-bond donors (Lipinski definition) is 2. The van der Waals surface area contributed by atoms with Gasteiger partial charge in [-0.3, -0.25) is 14.6 Å². The molecule has 4 rings (SSSR count). The molecule has 0 unspecified atom stereocenters. The number of aromatic nitrogens is 1. The summed E-state index contributed by atoms with van der Waals surface area (Å²) < 4.78 is 39.4. The average Bonchev–Trinajstić information content (AvgIpc) is 3.04. The predicted octanol–water partition coefficient (Wildman–Crippen LogP) is 5.50. The fourth-order valence-electron chi connectivity index (χ4n) is 3.81. The van der Waals surface area contributed by atoms with Crippen LogP contribution in [-0.2, 0) is 22.4 Å². The number of alkyl halides is 3. The molecule has 0 radical (unpaired) electrons. The van der Waals surface area contributed by atoms with E-state index in [1.54, 1.807) is 36.4 Å². The van der Waals surface area contributed by atoms with Crippen LogP contribution in [0.2, 0.25) is 0 Å². The second-order valence-electron chi connectivity index (χ2n) is 8.61. The van der Waals surface area contributed by atoms with Gasteiger partial charge in [0.1, 0.15) is 12.4 Å². The molecule has 1 aromatic heterocycles. The summed E-state index contributed by atoms with van der Waals surface area (Å²) in [5.74, 6) is -0.137. The molecule has 2 aromatic carbocycles. The Kier molecular flexibility index (Phi) is 7.58. The van der Waals surface area contributed by atoms with Crippen molar-refractivity contribution < 1.29 is 22.8 Å². The summed E-state index contributed by atoms with van der Waals surface area (Å²) in [6, 6.07) is 13.2. The van der Waals surface area contributed by atoms with E-state index in [0.717, 1.165) is 17.8 Å². The highest BCUT2D eigenvalue weighted by molar-refractivity contribution is 6.05. The summed E-state index contributed by atoms with van der Waals surface area (Å²) in [5, 5.41) is 1.31. The summed E-state index contributed by atoms with van der Waals surface area (Å²) in [6.45, 7) is 2.49. The summed E-state index contributed by atoms with van der Waals surface area (Å²) in [5.41, 5.74) is 14.7. The fraction of sp³-hybridized carbons (Fsp3) is 0.222. The molecule has 0 bridgehead atoms. The molecular weight excluding hydrogens is 483 g/mol. The number of nitrogens with two attached hydrogens (primary N) is 2. The van der Waals surface area contributed by atoms with Crippen LogP contribution in [0.1, 0.15) is 36.5 Å². The average molecular weight is 510 g/mol. The largest absolute Gasteiger partial charge is 0.417 e. The van der Waals surface area contributed by atoms with Crippen LogP contribution in [0.5, 0.6) is 0 Å². The van der Waals surface area contributed by atoms with Crippen molar-refractivity contribution in [3.63, 3.8) is 0 Å². The number of hydrogen-bond acceptors (Lipinski definition) is 6. The number of halogens is 3. The van der Waals surface area contributed by atoms with E-state index in [-0.39, 0.29) is 24.8 Å². The Morgan fingerprint density at radius 3 is 2.51 bits per heavy atom. The third-order valence-corrected chi connectivity index (χ3v) is 5.69. The van der Waals surface area contributed by atoms with Crippen LogP contribution in [0.3, 0.4) is 0 Å². The molecule has 1 aliphatic rings. The molecule has 1 amide bonds. The zero-order valence-corrected chi connectivity index (χ0v) is 20.1. The first-order valence-electron chi connectivity index (χ1n) is 11.6. The second-order valence-corrected chi connectivity index (χ2v) is 8.61. The number of fused-ring (bicyclic) bond motifs is 1. The van der Waals surface area contributed by atoms with Gasteiger partial charge in [0.15, 0.2) is 0 Å². The molecule has 4 N–H and O–H groups in total. The zero-order chi connectivity index (χ0) is 26.6. The van der Waals surface area contributed by atoms with Crippen molar-refractivity contribution in [3.8, 4) is 11.1 Å². The summed E-state index contributed by atoms with van der Waals surface area (Å²) in [4.78, 5) is 27.3. The predicted molar refractivity (Wildman–Crippen MR) is 136 cm³/mol. The van der Waals surface area contributed by atoms with E-state index < -0.39 is 11.7 Å². The maximum Gasteiger partial charge on any atom is 0.417 e. The maximum atomic E-state index is 13.4. The molecule has 192 valence electrons. The Labute approximate surface area is 212 Å². The number of aliphatic imine (C=N–C) groups is 1. The molecule has 0 fully saturated rings. The van der Waals surface area contributed by atoms with Gasteiger partial charge in [0.05, 0.1) is 11.3 Å². The molecule has 0 aliphatic carbocycles. The minimum atomic E-state index is -4.50. The highest BCUT2D eigenvalue weighted by Gasteiger charge is 2.31. The van der Waals surface area contributed by atoms with Gasteiger partial charge < -0.3 is 11.5 Å². The number of hydroxylamine groups is 2. The first-order chi connectivity index (χ1) is 17.6. The maximum absolute atomic E-state index is 13.4. The monoisotopic (exact) mass is 509 g/mol. The second kappa shape index (κ2) is 10.8. The van der Waals surface area contributed by atoms with Crippen molar-refractivity contribution in [2.75, 3.05) is 12.3 Å². The number of rotatable bonds is 7. The lowest BCUT2D eigenvalue weighted by molar-refractivity contribution is -0.187. The van der Waals surface area contributed by atoms with Crippen molar-refractivity contribution in [2.45, 2.75) is 32.5 Å². The Bertz CT molecular complexity index is 1350. The van der Waals surface area contributed by atoms with E-state index in [9.17, 15) is 18.0 Å². The number of anilines is 1. The molecule has 7 nitrogen and oxygen atoms in total. The normalized spacial score (nSPS) is 13.3. The van der Waals surface area contributed by atoms with E-state index in [4.69, 9.17) is 16.3 Å². The number of pyridine rings is 1. The minimum absolute atomic E-state index is 0.0966. The van der Waals surface area contributed by atoms with E-state index in [0.29, 0.717) is 46.6 Å². The Balaban J connectivity index is 1.60. The lowest BCUT2D eigenvalue weighted by Crippen LogP contribution is -2.34. The van der Waals surface area contributed by atoms with Crippen molar-refractivity contribution in [1.82, 2.24) is 10.0 Å². The Morgan fingerprint density at radius 2 is 1.81 bits per heavy atom. The molecule has 1 aliphatic heterocycles. The highest BCUT2D eigenvalue weighted by atomic mass is 19.4. The first kappa shape index (κ1) is 25.9. The third-order valence-electron chi connectivity index (χ3n) is 5.69. The van der Waals surface area contributed by atoms with Crippen LogP contribution in [-0.4, -0.2) is 28.3 Å². The van der Waals surface area contributed by atoms with Gasteiger partial charge in [-0.2, -0.15) is 13.2 Å². The number of benzene rings is 2. The molecule has 0 saturated heterocycles. The zero-order valence-electron chi connectivity index (χ0n) is 20.1. The van der Waals surface area contributed by atoms with Gasteiger partial charge >= 0.3 is 6.18 Å². The standard InChI is InChI=1S/C27H26F3N5O2/c1-2-9-35(37-16-17-3-7-23(31)8-4-17)26(36)20-10-19-6-5-18(12-24(19)34-25(32)13-20)21-11-22(15-33-14-21)27(28,29)30/h3-8,10-12,14-15H,2,9,13,16,31H2,1H3,(H2,32,34). The number of carbonyl (C=O) groups is 1. The quantitative estimate of drug-likeness (QED) is 0.323. The lowest BCUT2D eigenvalue weighted by atomic mass is 10.0. The minimum Gasteiger partial charge on any atom is -0.399 e. The molecule has 0 atom stereocenters. The molecule has 37 heavy (non-hydrogen) atoms. The fourth-order valence-corrected chi connectivity index (χ4v) is 3.81. The third kappa shape index (κ3) is 6.34. The van der Waals surface area contributed by atoms with Gasteiger partial charge in [-0.1, -0.05) is 31.2 Å². The van der Waals surface area contributed by atoms with Crippen molar-refractivity contribution in [2.24, 2.45) is 10.7 Å². The summed E-state index contributed by atoms with van der Waals surface area (Å²) >= 11 is 0. The van der Waals surface area contributed by atoms with Crippen LogP contribution >= 0.6 is 0 Å². The summed E-state index contributed by atoms with van der Waals surface area (Å²) in [6.07, 6.45) is 0.0857. The number of nitrogens with zero attached hydrogens (tertiary/aromatic N) is 3. The number of nitrogen functional groups attached to an aromatic ring is 1. The molecule has 2 heterocycles. The summed E-state index contributed by atoms with van der Waals surface area (Å²) in [7, 11) is 0. The van der Waals surface area contributed by atoms with Gasteiger partial charge in [0, 0.05) is 47.7 Å². The van der Waals surface area contributed by atoms with Crippen molar-refractivity contribution in [1.29, 1.82) is 0 Å². The van der Waals surface area contributed by atoms with E-state index in [2.05, 4.69) is 9.98 Å². The van der Waals surface area contributed by atoms with Crippen molar-refractivity contribution in [3.05, 3.63) is 83.2 Å². The lowest BCUT2D eigenvalue weighted by Gasteiger charge is -2.22. The van der Waals surface area contributed by atoms with E-state index >= 15 is 0 Å². The van der Waals surface area contributed by atoms with Crippen LogP contribution < -0.4 is 11.5 Å². The van der Waals surface area contributed by atoms with E-state index in [1.807, 2.05) is 19.1 Å². The smallest absolute Gasteiger partial charge is 0.399 e. The number of amidine groups is 1. The van der Waals surface area contributed by atoms with E-state index in [1.165, 1.54) is 11.3 Å². The molecule has 0 spiro atoms. The first-order valence-corrected chi connectivity index (χ1v) is 11.6. The number of carbonyl (C=O) groups excluding carboxylic acids is 1. The Morgan fingerprint density at radius 1 is 1.05 bits per heavy atom. The molecule has 3 aromatic rings. The van der Waals surface area contributed by atoms with Gasteiger partial charge in [-0.15, -0.1) is 0 Å². The Hall–Kier alpha value is -4.18. The van der Waals surface area contributed by atoms with Crippen LogP contribution in [0.25, 0.3) is 17.2 Å². The molecule has 10 heteroatoms. The molecule has 0 saturated carbocycles. The molecular formula is C27H26F3N5O2. The van der Waals surface area contributed by atoms with Crippen molar-refractivity contribution >= 4 is 29.2 Å². The van der Waals surface area contributed by atoms with Gasteiger partial charge in [-0.25, -0.2) is 10.1 Å². The van der Waals surface area contributed by atoms with Gasteiger partial charge in [0.2, 0.25) is 0 Å². The van der Waals surface area contributed by atoms with Crippen LogP contribution in [0.15, 0.2) is 71.5 Å². The number of amides is 1. The van der Waals surface area contributed by atoms with Crippen LogP contribution in [0.4, 0.5) is 24.5 Å². The highest BCUT2D eigenvalue weighted by Crippen LogP contribution is 2.35. The SMILES string of the molecule is CCCN(OCc1ccc(N)cc1)C(=O)C1=Cc2ccc(-c3cncc(C(F)(F)F)c3)cc2N=C(N)C1. The van der Waals surface area contributed by atoms with Gasteiger partial charge in [-0.05, 0) is 47.9 Å². The topological polar surface area (TPSA) is 107 Å². The van der Waals surface area contributed by atoms with Crippen LogP contribution in [0, 0.1) is 0 Å².